The number of hydrogen-bond acceptors (Lipinski definition) is 7. The molecule has 3 aromatic rings. The summed E-state index contributed by atoms with van der Waals surface area (Å²) >= 11 is 0. The Balaban J connectivity index is 1.43. The lowest BCUT2D eigenvalue weighted by molar-refractivity contribution is -0.117. The van der Waals surface area contributed by atoms with Crippen LogP contribution in [0.3, 0.4) is 0 Å². The minimum Gasteiger partial charge on any atom is -0.460 e. The summed E-state index contributed by atoms with van der Waals surface area (Å²) in [6.07, 6.45) is 4.40. The highest BCUT2D eigenvalue weighted by Gasteiger charge is 2.47. The molecule has 0 bridgehead atoms. The fourth-order valence-electron chi connectivity index (χ4n) is 6.42. The van der Waals surface area contributed by atoms with Crippen LogP contribution in [0.25, 0.3) is 16.9 Å². The number of piperidine rings is 1. The van der Waals surface area contributed by atoms with Gasteiger partial charge in [0, 0.05) is 50.8 Å². The molecule has 1 amide bonds. The van der Waals surface area contributed by atoms with E-state index in [1.54, 1.807) is 24.3 Å². The van der Waals surface area contributed by atoms with Crippen LogP contribution < -0.4 is 10.2 Å². The molecule has 0 saturated carbocycles. The molecule has 1 aromatic heterocycles. The minimum atomic E-state index is -3.66. The van der Waals surface area contributed by atoms with Gasteiger partial charge in [0.05, 0.1) is 23.4 Å². The van der Waals surface area contributed by atoms with Crippen LogP contribution in [0, 0.1) is 29.4 Å². The summed E-state index contributed by atoms with van der Waals surface area (Å²) in [7, 11) is -0.611. The van der Waals surface area contributed by atoms with Gasteiger partial charge >= 0.3 is 0 Å². The predicted molar refractivity (Wildman–Crippen MR) is 158 cm³/mol. The number of carbonyl (C=O) groups excluding carboxylic acids is 1. The first-order valence-electron chi connectivity index (χ1n) is 14.1. The normalized spacial score (nSPS) is 22.4. The monoisotopic (exact) mass is 610 g/mol. The SMILES string of the molecule is CNC(=O)C1=C(c2ccc(F)cc2)OC2=CC(N(C)S(C)(=O)=O)=C([C@H]3CCCN(c4nc5cc(F)ccc5o4)C3)C(C)C21. The molecule has 2 aromatic carbocycles. The average molecular weight is 611 g/mol. The molecule has 226 valence electrons. The fourth-order valence-corrected chi connectivity index (χ4v) is 6.94. The molecule has 43 heavy (non-hydrogen) atoms. The molecule has 12 heteroatoms. The number of halogens is 2. The molecule has 3 heterocycles. The number of rotatable bonds is 6. The van der Waals surface area contributed by atoms with Gasteiger partial charge in [0.1, 0.15) is 28.7 Å². The highest BCUT2D eigenvalue weighted by Crippen LogP contribution is 2.51. The Morgan fingerprint density at radius 2 is 1.86 bits per heavy atom. The number of benzene rings is 2. The van der Waals surface area contributed by atoms with Crippen molar-refractivity contribution in [3.63, 3.8) is 0 Å². The van der Waals surface area contributed by atoms with Crippen molar-refractivity contribution in [2.45, 2.75) is 19.8 Å². The number of ether oxygens (including phenoxy) is 1. The van der Waals surface area contributed by atoms with Crippen LogP contribution in [0.5, 0.6) is 0 Å². The van der Waals surface area contributed by atoms with E-state index in [-0.39, 0.29) is 17.7 Å². The van der Waals surface area contributed by atoms with E-state index in [9.17, 15) is 22.0 Å². The Morgan fingerprint density at radius 1 is 1.14 bits per heavy atom. The largest absolute Gasteiger partial charge is 0.460 e. The van der Waals surface area contributed by atoms with Crippen LogP contribution in [0.4, 0.5) is 14.8 Å². The Labute approximate surface area is 248 Å². The number of fused-ring (bicyclic) bond motifs is 2. The molecular formula is C31H32F2N4O5S. The van der Waals surface area contributed by atoms with Gasteiger partial charge in [-0.2, -0.15) is 4.98 Å². The van der Waals surface area contributed by atoms with Gasteiger partial charge < -0.3 is 19.4 Å². The molecule has 3 atom stereocenters. The minimum absolute atomic E-state index is 0.117. The third kappa shape index (κ3) is 5.17. The van der Waals surface area contributed by atoms with E-state index in [0.29, 0.717) is 58.6 Å². The maximum absolute atomic E-state index is 13.8. The van der Waals surface area contributed by atoms with E-state index in [2.05, 4.69) is 10.3 Å². The van der Waals surface area contributed by atoms with Gasteiger partial charge in [-0.05, 0) is 60.7 Å². The Kier molecular flexibility index (Phi) is 7.27. The lowest BCUT2D eigenvalue weighted by atomic mass is 9.71. The maximum Gasteiger partial charge on any atom is 0.298 e. The van der Waals surface area contributed by atoms with Crippen molar-refractivity contribution < 1.29 is 31.1 Å². The zero-order chi connectivity index (χ0) is 30.6. The lowest BCUT2D eigenvalue weighted by Crippen LogP contribution is -2.41. The Morgan fingerprint density at radius 3 is 2.56 bits per heavy atom. The lowest BCUT2D eigenvalue weighted by Gasteiger charge is -2.40. The first-order chi connectivity index (χ1) is 20.5. The second-order valence-corrected chi connectivity index (χ2v) is 13.2. The topological polar surface area (TPSA) is 105 Å². The summed E-state index contributed by atoms with van der Waals surface area (Å²) in [6, 6.07) is 10.3. The number of sulfonamides is 1. The summed E-state index contributed by atoms with van der Waals surface area (Å²) in [5.74, 6) is -1.32. The molecule has 1 saturated heterocycles. The molecule has 3 aliphatic rings. The molecule has 9 nitrogen and oxygen atoms in total. The van der Waals surface area contributed by atoms with Crippen molar-refractivity contribution in [1.82, 2.24) is 14.6 Å². The molecule has 6 rings (SSSR count). The molecule has 1 N–H and O–H groups in total. The van der Waals surface area contributed by atoms with Gasteiger partial charge in [-0.3, -0.25) is 9.10 Å². The smallest absolute Gasteiger partial charge is 0.298 e. The third-order valence-corrected chi connectivity index (χ3v) is 9.72. The number of aromatic nitrogens is 1. The predicted octanol–water partition coefficient (Wildman–Crippen LogP) is 4.81. The molecule has 1 aliphatic carbocycles. The molecule has 0 radical (unpaired) electrons. The van der Waals surface area contributed by atoms with E-state index < -0.39 is 27.6 Å². The van der Waals surface area contributed by atoms with Crippen LogP contribution in [0.1, 0.15) is 25.3 Å². The van der Waals surface area contributed by atoms with Gasteiger partial charge in [-0.15, -0.1) is 0 Å². The second kappa shape index (κ2) is 10.8. The zero-order valence-corrected chi connectivity index (χ0v) is 25.0. The summed E-state index contributed by atoms with van der Waals surface area (Å²) in [5, 5.41) is 2.71. The number of oxazole rings is 1. The molecule has 2 unspecified atom stereocenters. The average Bonchev–Trinajstić information content (AvgIpc) is 3.58. The van der Waals surface area contributed by atoms with Crippen molar-refractivity contribution in [3.8, 4) is 0 Å². The maximum atomic E-state index is 13.8. The van der Waals surface area contributed by atoms with Crippen LogP contribution in [-0.2, 0) is 19.6 Å². The van der Waals surface area contributed by atoms with E-state index in [4.69, 9.17) is 9.15 Å². The summed E-state index contributed by atoms with van der Waals surface area (Å²) < 4.78 is 66.8. The third-order valence-electron chi connectivity index (χ3n) is 8.53. The van der Waals surface area contributed by atoms with E-state index in [1.807, 2.05) is 11.8 Å². The van der Waals surface area contributed by atoms with Crippen molar-refractivity contribution >= 4 is 38.8 Å². The first-order valence-corrected chi connectivity index (χ1v) is 15.9. The summed E-state index contributed by atoms with van der Waals surface area (Å²) in [4.78, 5) is 19.9. The zero-order valence-electron chi connectivity index (χ0n) is 24.2. The highest BCUT2D eigenvalue weighted by atomic mass is 32.2. The number of carbonyl (C=O) groups is 1. The van der Waals surface area contributed by atoms with E-state index in [0.717, 1.165) is 24.7 Å². The van der Waals surface area contributed by atoms with Gasteiger partial charge in [0.25, 0.3) is 11.9 Å². The fraction of sp³-hybridized carbons (Fsp3) is 0.355. The van der Waals surface area contributed by atoms with Crippen LogP contribution in [-0.4, -0.2) is 57.1 Å². The van der Waals surface area contributed by atoms with Crippen molar-refractivity contribution in [1.29, 1.82) is 0 Å². The van der Waals surface area contributed by atoms with Gasteiger partial charge in [0.15, 0.2) is 5.58 Å². The van der Waals surface area contributed by atoms with Gasteiger partial charge in [0.2, 0.25) is 10.0 Å². The number of anilines is 1. The van der Waals surface area contributed by atoms with Gasteiger partial charge in [-0.1, -0.05) is 6.92 Å². The van der Waals surface area contributed by atoms with E-state index >= 15 is 0 Å². The van der Waals surface area contributed by atoms with Crippen molar-refractivity contribution in [2.75, 3.05) is 38.3 Å². The Hall–Kier alpha value is -4.19. The molecule has 2 aliphatic heterocycles. The molecule has 0 spiro atoms. The highest BCUT2D eigenvalue weighted by molar-refractivity contribution is 7.88. The van der Waals surface area contributed by atoms with Crippen molar-refractivity contribution in [3.05, 3.63) is 88.3 Å². The number of allylic oxidation sites excluding steroid dienone is 2. The standard InChI is InChI=1S/C31H32F2N4O5S/c1-17-26(19-6-5-13-37(16-19)31-35-22-14-21(33)11-12-24(22)42-31)23(36(3)43(4,39)40)15-25-27(17)28(30(38)34-2)29(41-25)18-7-9-20(32)10-8-18/h7-12,14-15,17,19,27H,5-6,13,16H2,1-4H3,(H,34,38)/t17?,19-,27?/m0/s1. The quantitative estimate of drug-likeness (QED) is 0.427. The van der Waals surface area contributed by atoms with Crippen molar-refractivity contribution in [2.24, 2.45) is 17.8 Å². The van der Waals surface area contributed by atoms with Crippen LogP contribution >= 0.6 is 0 Å². The van der Waals surface area contributed by atoms with Crippen LogP contribution in [0.15, 0.2) is 75.6 Å². The molecular weight excluding hydrogens is 578 g/mol. The first kappa shape index (κ1) is 28.9. The number of amides is 1. The van der Waals surface area contributed by atoms with Gasteiger partial charge in [-0.25, -0.2) is 17.2 Å². The number of likely N-dealkylation sites (N-methyl/N-ethyl adjacent to an activating group) is 2. The summed E-state index contributed by atoms with van der Waals surface area (Å²) in [6.45, 7) is 3.12. The van der Waals surface area contributed by atoms with E-state index in [1.165, 1.54) is 42.7 Å². The number of nitrogens with one attached hydrogen (secondary N) is 1. The molecule has 1 fully saturated rings. The Bertz CT molecular complexity index is 1810. The second-order valence-electron chi connectivity index (χ2n) is 11.2. The summed E-state index contributed by atoms with van der Waals surface area (Å²) in [5.41, 5.74) is 3.21. The number of nitrogens with zero attached hydrogens (tertiary/aromatic N) is 3. The number of hydrogen-bond donors (Lipinski definition) is 1. The van der Waals surface area contributed by atoms with Crippen LogP contribution in [0.2, 0.25) is 0 Å².